The molecule has 0 radical (unpaired) electrons. The average molecular weight is 268 g/mol. The number of aromatic nitrogens is 1. The van der Waals surface area contributed by atoms with Crippen molar-refractivity contribution in [1.82, 2.24) is 9.88 Å². The Morgan fingerprint density at radius 2 is 2.11 bits per heavy atom. The van der Waals surface area contributed by atoms with E-state index >= 15 is 0 Å². The lowest BCUT2D eigenvalue weighted by Crippen LogP contribution is -2.39. The summed E-state index contributed by atoms with van der Waals surface area (Å²) < 4.78 is 0. The number of nitrogens with zero attached hydrogens (tertiary/aromatic N) is 2. The topological polar surface area (TPSA) is 36.4 Å². The summed E-state index contributed by atoms with van der Waals surface area (Å²) in [5, 5.41) is 13.0. The third kappa shape index (κ3) is 3.53. The van der Waals surface area contributed by atoms with Crippen molar-refractivity contribution in [3.8, 4) is 0 Å². The lowest BCUT2D eigenvalue weighted by Gasteiger charge is -2.38. The van der Waals surface area contributed by atoms with Crippen LogP contribution in [0.25, 0.3) is 0 Å². The Labute approximate surface area is 114 Å². The molecule has 18 heavy (non-hydrogen) atoms. The normalized spacial score (nSPS) is 19.3. The molecule has 4 heteroatoms. The maximum absolute atomic E-state index is 9.72. The number of hydrogen-bond acceptors (Lipinski definition) is 4. The van der Waals surface area contributed by atoms with Gasteiger partial charge in [0.15, 0.2) is 0 Å². The molecule has 102 valence electrons. The first-order chi connectivity index (χ1) is 8.63. The summed E-state index contributed by atoms with van der Waals surface area (Å²) in [5.74, 6) is 0. The van der Waals surface area contributed by atoms with Crippen molar-refractivity contribution in [3.05, 3.63) is 16.1 Å². The van der Waals surface area contributed by atoms with Gasteiger partial charge in [0.2, 0.25) is 0 Å². The Kier molecular flexibility index (Phi) is 4.76. The van der Waals surface area contributed by atoms with E-state index in [1.807, 2.05) is 6.92 Å². The second-order valence-electron chi connectivity index (χ2n) is 5.75. The van der Waals surface area contributed by atoms with Crippen LogP contribution >= 0.6 is 11.3 Å². The summed E-state index contributed by atoms with van der Waals surface area (Å²) in [7, 11) is 2.14. The van der Waals surface area contributed by atoms with E-state index in [4.69, 9.17) is 0 Å². The molecule has 0 aliphatic heterocycles. The molecule has 3 nitrogen and oxygen atoms in total. The van der Waals surface area contributed by atoms with E-state index in [2.05, 4.69) is 22.3 Å². The fourth-order valence-corrected chi connectivity index (χ4v) is 3.66. The summed E-state index contributed by atoms with van der Waals surface area (Å²) >= 11 is 1.71. The zero-order chi connectivity index (χ0) is 13.0. The Morgan fingerprint density at radius 1 is 1.39 bits per heavy atom. The average Bonchev–Trinajstić information content (AvgIpc) is 2.75. The molecule has 2 rings (SSSR count). The van der Waals surface area contributed by atoms with Crippen LogP contribution in [0.2, 0.25) is 0 Å². The van der Waals surface area contributed by atoms with Gasteiger partial charge < -0.3 is 5.11 Å². The smallest absolute Gasteiger partial charge is 0.0897 e. The van der Waals surface area contributed by atoms with Crippen LogP contribution in [0.3, 0.4) is 0 Å². The molecule has 1 N–H and O–H groups in total. The highest BCUT2D eigenvalue weighted by Gasteiger charge is 2.32. The lowest BCUT2D eigenvalue weighted by atomic mass is 9.74. The van der Waals surface area contributed by atoms with Gasteiger partial charge in [0.25, 0.3) is 0 Å². The summed E-state index contributed by atoms with van der Waals surface area (Å²) in [4.78, 5) is 6.82. The second kappa shape index (κ2) is 6.13. The van der Waals surface area contributed by atoms with Crippen LogP contribution in [0.15, 0.2) is 5.38 Å². The Morgan fingerprint density at radius 3 is 2.67 bits per heavy atom. The van der Waals surface area contributed by atoms with Crippen LogP contribution in [-0.4, -0.2) is 35.2 Å². The maximum Gasteiger partial charge on any atom is 0.0897 e. The minimum absolute atomic E-state index is 0.137. The number of thiazole rings is 1. The standard InChI is InChI=1S/C14H24N2OS/c1-12-15-13(9-18-12)8-16(2)10-14(11-17)6-4-3-5-7-14/h9,17H,3-8,10-11H2,1-2H3. The van der Waals surface area contributed by atoms with Crippen molar-refractivity contribution in [2.45, 2.75) is 45.6 Å². The molecule has 1 fully saturated rings. The maximum atomic E-state index is 9.72. The van der Waals surface area contributed by atoms with E-state index in [-0.39, 0.29) is 5.41 Å². The van der Waals surface area contributed by atoms with E-state index in [0.717, 1.165) is 23.8 Å². The summed E-state index contributed by atoms with van der Waals surface area (Å²) in [5.41, 5.74) is 1.29. The first-order valence-corrected chi connectivity index (χ1v) is 7.72. The van der Waals surface area contributed by atoms with Gasteiger partial charge in [-0.2, -0.15) is 0 Å². The van der Waals surface area contributed by atoms with Crippen molar-refractivity contribution in [1.29, 1.82) is 0 Å². The minimum Gasteiger partial charge on any atom is -0.396 e. The quantitative estimate of drug-likeness (QED) is 0.892. The number of aryl methyl sites for hydroxylation is 1. The first kappa shape index (κ1) is 14.0. The van der Waals surface area contributed by atoms with Crippen LogP contribution in [-0.2, 0) is 6.54 Å². The van der Waals surface area contributed by atoms with Crippen LogP contribution in [0.5, 0.6) is 0 Å². The molecule has 0 bridgehead atoms. The molecular weight excluding hydrogens is 244 g/mol. The molecule has 0 atom stereocenters. The predicted octanol–water partition coefficient (Wildman–Crippen LogP) is 2.83. The van der Waals surface area contributed by atoms with Crippen LogP contribution in [0, 0.1) is 12.3 Å². The number of aliphatic hydroxyl groups is 1. The van der Waals surface area contributed by atoms with Gasteiger partial charge in [-0.1, -0.05) is 19.3 Å². The predicted molar refractivity (Wildman–Crippen MR) is 75.8 cm³/mol. The lowest BCUT2D eigenvalue weighted by molar-refractivity contribution is 0.0461. The van der Waals surface area contributed by atoms with Crippen molar-refractivity contribution in [3.63, 3.8) is 0 Å². The first-order valence-electron chi connectivity index (χ1n) is 6.84. The highest BCUT2D eigenvalue weighted by atomic mass is 32.1. The number of hydrogen-bond donors (Lipinski definition) is 1. The summed E-state index contributed by atoms with van der Waals surface area (Å²) in [6, 6.07) is 0. The fourth-order valence-electron chi connectivity index (χ4n) is 3.05. The van der Waals surface area contributed by atoms with Crippen molar-refractivity contribution in [2.24, 2.45) is 5.41 Å². The van der Waals surface area contributed by atoms with Gasteiger partial charge in [0.1, 0.15) is 0 Å². The molecule has 1 aromatic heterocycles. The van der Waals surface area contributed by atoms with Crippen molar-refractivity contribution >= 4 is 11.3 Å². The van der Waals surface area contributed by atoms with Crippen LogP contribution in [0.1, 0.15) is 42.8 Å². The summed E-state index contributed by atoms with van der Waals surface area (Å²) in [6.45, 7) is 4.25. The van der Waals surface area contributed by atoms with E-state index in [1.54, 1.807) is 11.3 Å². The Hall–Kier alpha value is -0.450. The molecule has 1 aliphatic rings. The van der Waals surface area contributed by atoms with E-state index in [0.29, 0.717) is 6.61 Å². The fraction of sp³-hybridized carbons (Fsp3) is 0.786. The molecule has 0 saturated heterocycles. The highest BCUT2D eigenvalue weighted by Crippen LogP contribution is 2.36. The zero-order valence-electron chi connectivity index (χ0n) is 11.5. The summed E-state index contributed by atoms with van der Waals surface area (Å²) in [6.07, 6.45) is 6.21. The van der Waals surface area contributed by atoms with Crippen molar-refractivity contribution in [2.75, 3.05) is 20.2 Å². The van der Waals surface area contributed by atoms with Crippen molar-refractivity contribution < 1.29 is 5.11 Å². The molecule has 0 amide bonds. The second-order valence-corrected chi connectivity index (χ2v) is 6.81. The van der Waals surface area contributed by atoms with Crippen LogP contribution < -0.4 is 0 Å². The van der Waals surface area contributed by atoms with Gasteiger partial charge in [-0.25, -0.2) is 4.98 Å². The van der Waals surface area contributed by atoms with Gasteiger partial charge >= 0.3 is 0 Å². The third-order valence-corrected chi connectivity index (χ3v) is 4.78. The van der Waals surface area contributed by atoms with Gasteiger partial charge in [0, 0.05) is 30.5 Å². The van der Waals surface area contributed by atoms with E-state index < -0.39 is 0 Å². The molecule has 1 saturated carbocycles. The minimum atomic E-state index is 0.137. The number of aliphatic hydroxyl groups excluding tert-OH is 1. The van der Waals surface area contributed by atoms with Crippen LogP contribution in [0.4, 0.5) is 0 Å². The molecule has 0 unspecified atom stereocenters. The molecule has 0 aromatic carbocycles. The molecule has 1 heterocycles. The molecule has 0 spiro atoms. The molecule has 1 aliphatic carbocycles. The third-order valence-electron chi connectivity index (χ3n) is 3.95. The molecule has 1 aromatic rings. The zero-order valence-corrected chi connectivity index (χ0v) is 12.3. The Bertz CT molecular complexity index is 372. The number of rotatable bonds is 5. The monoisotopic (exact) mass is 268 g/mol. The highest BCUT2D eigenvalue weighted by molar-refractivity contribution is 7.09. The van der Waals surface area contributed by atoms with Gasteiger partial charge in [-0.3, -0.25) is 4.90 Å². The largest absolute Gasteiger partial charge is 0.396 e. The molecular formula is C14H24N2OS. The van der Waals surface area contributed by atoms with E-state index in [9.17, 15) is 5.11 Å². The van der Waals surface area contributed by atoms with Gasteiger partial charge in [-0.15, -0.1) is 11.3 Å². The Balaban J connectivity index is 1.90. The SMILES string of the molecule is Cc1nc(CN(C)CC2(CO)CCCCC2)cs1. The van der Waals surface area contributed by atoms with Gasteiger partial charge in [-0.05, 0) is 26.8 Å². The van der Waals surface area contributed by atoms with E-state index in [1.165, 1.54) is 32.1 Å². The van der Waals surface area contributed by atoms with Gasteiger partial charge in [0.05, 0.1) is 10.7 Å².